The topological polar surface area (TPSA) is 68.3 Å². The molecule has 0 N–H and O–H groups in total. The molecule has 0 radical (unpaired) electrons. The molecule has 7 nitrogen and oxygen atoms in total. The van der Waals surface area contributed by atoms with Gasteiger partial charge in [-0.1, -0.05) is 12.1 Å². The van der Waals surface area contributed by atoms with Gasteiger partial charge in [0.1, 0.15) is 11.3 Å². The summed E-state index contributed by atoms with van der Waals surface area (Å²) in [4.78, 5) is 39.3. The number of carbonyl (C=O) groups is 2. The minimum atomic E-state index is -0.716. The van der Waals surface area contributed by atoms with E-state index in [2.05, 4.69) is 55.4 Å². The highest BCUT2D eigenvalue weighted by molar-refractivity contribution is 6.17. The van der Waals surface area contributed by atoms with E-state index in [0.29, 0.717) is 11.3 Å². The smallest absolute Gasteiger partial charge is 0.364 e. The standard InChI is InChI=1S/C29H44N2O5/c1-26(2)16-10-17-27(3,4)30(26)35-24(32)23(20-21-12-14-22(34-9)15-13-21)25(33)36-31-28(5,6)18-11-19-29(31,7)8/h12-15,20H,10-11,16-19H2,1-9H3. The SMILES string of the molecule is COc1ccc(C=C(C(=O)ON2C(C)(C)CCCC2(C)C)C(=O)ON2C(C)(C)CCCC2(C)C)cc1. The molecule has 7 heteroatoms. The molecule has 3 rings (SSSR count). The molecule has 0 spiro atoms. The van der Waals surface area contributed by atoms with Gasteiger partial charge in [0.2, 0.25) is 0 Å². The van der Waals surface area contributed by atoms with Crippen LogP contribution in [0.1, 0.15) is 99.5 Å². The number of hydrogen-bond donors (Lipinski definition) is 0. The average molecular weight is 501 g/mol. The predicted molar refractivity (Wildman–Crippen MR) is 141 cm³/mol. The summed E-state index contributed by atoms with van der Waals surface area (Å²) in [6.07, 6.45) is 7.19. The lowest BCUT2D eigenvalue weighted by Crippen LogP contribution is -2.60. The fourth-order valence-electron chi connectivity index (χ4n) is 5.78. The quantitative estimate of drug-likeness (QED) is 0.266. The molecular weight excluding hydrogens is 456 g/mol. The van der Waals surface area contributed by atoms with Gasteiger partial charge in [0, 0.05) is 0 Å². The zero-order valence-corrected chi connectivity index (χ0v) is 23.6. The molecule has 2 aliphatic rings. The number of methoxy groups -OCH3 is 1. The zero-order valence-electron chi connectivity index (χ0n) is 23.6. The van der Waals surface area contributed by atoms with Crippen molar-refractivity contribution >= 4 is 18.0 Å². The van der Waals surface area contributed by atoms with E-state index in [9.17, 15) is 9.59 Å². The van der Waals surface area contributed by atoms with Crippen molar-refractivity contribution in [2.45, 2.75) is 116 Å². The molecule has 200 valence electrons. The number of hydroxylamine groups is 4. The Morgan fingerprint density at radius 3 is 1.39 bits per heavy atom. The number of nitrogens with zero attached hydrogens (tertiary/aromatic N) is 2. The van der Waals surface area contributed by atoms with Crippen LogP contribution >= 0.6 is 0 Å². The fourth-order valence-corrected chi connectivity index (χ4v) is 5.78. The molecule has 36 heavy (non-hydrogen) atoms. The van der Waals surface area contributed by atoms with E-state index >= 15 is 0 Å². The van der Waals surface area contributed by atoms with Gasteiger partial charge < -0.3 is 14.4 Å². The van der Waals surface area contributed by atoms with Gasteiger partial charge in [-0.05, 0) is 118 Å². The Morgan fingerprint density at radius 2 is 1.06 bits per heavy atom. The number of hydrogen-bond acceptors (Lipinski definition) is 7. The molecule has 0 aliphatic carbocycles. The summed E-state index contributed by atoms with van der Waals surface area (Å²) in [7, 11) is 1.59. The molecule has 1 aromatic carbocycles. The summed E-state index contributed by atoms with van der Waals surface area (Å²) in [5.41, 5.74) is -0.900. The summed E-state index contributed by atoms with van der Waals surface area (Å²) in [6.45, 7) is 16.5. The Balaban J connectivity index is 1.96. The summed E-state index contributed by atoms with van der Waals surface area (Å²) in [5, 5.41) is 3.52. The van der Waals surface area contributed by atoms with Gasteiger partial charge in [-0.3, -0.25) is 0 Å². The van der Waals surface area contributed by atoms with Gasteiger partial charge in [-0.2, -0.15) is 0 Å². The van der Waals surface area contributed by atoms with Gasteiger partial charge in [-0.15, -0.1) is 10.1 Å². The van der Waals surface area contributed by atoms with Crippen molar-refractivity contribution in [2.24, 2.45) is 0 Å². The van der Waals surface area contributed by atoms with Crippen LogP contribution in [0.2, 0.25) is 0 Å². The normalized spacial score (nSPS) is 22.8. The lowest BCUT2D eigenvalue weighted by molar-refractivity contribution is -0.269. The van der Waals surface area contributed by atoms with E-state index in [0.717, 1.165) is 38.5 Å². The van der Waals surface area contributed by atoms with Crippen LogP contribution in [-0.2, 0) is 19.3 Å². The third kappa shape index (κ3) is 6.12. The first-order valence-corrected chi connectivity index (χ1v) is 13.0. The van der Waals surface area contributed by atoms with Crippen molar-refractivity contribution in [3.05, 3.63) is 35.4 Å². The zero-order chi connectivity index (χ0) is 26.9. The minimum absolute atomic E-state index is 0.144. The second-order valence-electron chi connectivity index (χ2n) is 12.6. The maximum Gasteiger partial charge on any atom is 0.364 e. The highest BCUT2D eigenvalue weighted by Crippen LogP contribution is 2.40. The van der Waals surface area contributed by atoms with Crippen LogP contribution in [0.5, 0.6) is 5.75 Å². The van der Waals surface area contributed by atoms with Crippen molar-refractivity contribution in [2.75, 3.05) is 7.11 Å². The van der Waals surface area contributed by atoms with Crippen molar-refractivity contribution in [1.29, 1.82) is 0 Å². The second-order valence-corrected chi connectivity index (χ2v) is 12.6. The van der Waals surface area contributed by atoms with Crippen molar-refractivity contribution in [3.63, 3.8) is 0 Å². The molecule has 2 fully saturated rings. The first kappa shape index (κ1) is 28.2. The summed E-state index contributed by atoms with van der Waals surface area (Å²) >= 11 is 0. The highest BCUT2D eigenvalue weighted by atomic mass is 16.7. The monoisotopic (exact) mass is 500 g/mol. The number of piperidine rings is 2. The van der Waals surface area contributed by atoms with Crippen LogP contribution in [0.4, 0.5) is 0 Å². The first-order valence-electron chi connectivity index (χ1n) is 13.0. The highest BCUT2D eigenvalue weighted by Gasteiger charge is 2.47. The summed E-state index contributed by atoms with van der Waals surface area (Å²) in [5.74, 6) is -0.745. The third-order valence-electron chi connectivity index (χ3n) is 7.57. The van der Waals surface area contributed by atoms with E-state index < -0.39 is 11.9 Å². The number of carbonyl (C=O) groups excluding carboxylic acids is 2. The van der Waals surface area contributed by atoms with Crippen LogP contribution in [0.25, 0.3) is 6.08 Å². The number of benzene rings is 1. The Morgan fingerprint density at radius 1 is 0.694 bits per heavy atom. The average Bonchev–Trinajstić information content (AvgIpc) is 2.76. The van der Waals surface area contributed by atoms with Crippen molar-refractivity contribution in [1.82, 2.24) is 10.1 Å². The predicted octanol–water partition coefficient (Wildman–Crippen LogP) is 6.08. The molecule has 0 bridgehead atoms. The van der Waals surface area contributed by atoms with E-state index in [-0.39, 0.29) is 27.7 Å². The van der Waals surface area contributed by atoms with Gasteiger partial charge in [0.15, 0.2) is 0 Å². The van der Waals surface area contributed by atoms with Crippen molar-refractivity contribution in [3.8, 4) is 5.75 Å². The van der Waals surface area contributed by atoms with Gasteiger partial charge in [-0.25, -0.2) is 9.59 Å². The lowest BCUT2D eigenvalue weighted by Gasteiger charge is -2.50. The summed E-state index contributed by atoms with van der Waals surface area (Å²) in [6, 6.07) is 7.16. The molecule has 0 unspecified atom stereocenters. The van der Waals surface area contributed by atoms with Crippen LogP contribution in [-0.4, -0.2) is 51.3 Å². The molecular formula is C29H44N2O5. The third-order valence-corrected chi connectivity index (χ3v) is 7.57. The van der Waals surface area contributed by atoms with E-state index in [4.69, 9.17) is 14.4 Å². The molecule has 2 saturated heterocycles. The molecule has 2 heterocycles. The van der Waals surface area contributed by atoms with E-state index in [1.165, 1.54) is 6.08 Å². The van der Waals surface area contributed by atoms with Gasteiger partial charge in [0.05, 0.1) is 29.3 Å². The van der Waals surface area contributed by atoms with Crippen LogP contribution in [0.15, 0.2) is 29.8 Å². The summed E-state index contributed by atoms with van der Waals surface area (Å²) < 4.78 is 5.24. The van der Waals surface area contributed by atoms with Gasteiger partial charge >= 0.3 is 11.9 Å². The lowest BCUT2D eigenvalue weighted by atomic mass is 9.82. The maximum absolute atomic E-state index is 13.6. The Kier molecular flexibility index (Phi) is 7.97. The Bertz CT molecular complexity index is 905. The fraction of sp³-hybridized carbons (Fsp3) is 0.655. The Hall–Kier alpha value is -2.38. The first-order chi connectivity index (χ1) is 16.6. The van der Waals surface area contributed by atoms with Crippen LogP contribution in [0, 0.1) is 0 Å². The Labute approximate surface area is 216 Å². The minimum Gasteiger partial charge on any atom is -0.497 e. The second kappa shape index (κ2) is 10.2. The number of ether oxygens (including phenoxy) is 1. The van der Waals surface area contributed by atoms with E-state index in [1.54, 1.807) is 41.5 Å². The molecule has 1 aromatic rings. The van der Waals surface area contributed by atoms with E-state index in [1.807, 2.05) is 0 Å². The van der Waals surface area contributed by atoms with Gasteiger partial charge in [0.25, 0.3) is 0 Å². The van der Waals surface area contributed by atoms with Crippen LogP contribution < -0.4 is 4.74 Å². The largest absolute Gasteiger partial charge is 0.497 e. The molecule has 2 aliphatic heterocycles. The molecule has 0 atom stereocenters. The molecule has 0 saturated carbocycles. The number of rotatable bonds is 6. The maximum atomic E-state index is 13.6. The van der Waals surface area contributed by atoms with Crippen LogP contribution in [0.3, 0.4) is 0 Å². The molecule has 0 amide bonds. The van der Waals surface area contributed by atoms with Crippen molar-refractivity contribution < 1.29 is 24.0 Å². The molecule has 0 aromatic heterocycles.